The van der Waals surface area contributed by atoms with E-state index in [1.165, 1.54) is 18.3 Å². The lowest BCUT2D eigenvalue weighted by molar-refractivity contribution is -0.123. The number of carbonyl (C=O) groups excluding carboxylic acids is 2. The largest absolute Gasteiger partial charge is 0.448 e. The summed E-state index contributed by atoms with van der Waals surface area (Å²) in [4.78, 5) is 24.3. The van der Waals surface area contributed by atoms with Crippen LogP contribution in [0.3, 0.4) is 0 Å². The van der Waals surface area contributed by atoms with Gasteiger partial charge in [-0.15, -0.1) is 11.3 Å². The number of carbonyl (C=O) groups is 2. The van der Waals surface area contributed by atoms with Crippen LogP contribution in [0, 0.1) is 0 Å². The van der Waals surface area contributed by atoms with Crippen molar-refractivity contribution in [1.29, 1.82) is 0 Å². The highest BCUT2D eigenvalue weighted by atomic mass is 32.1. The van der Waals surface area contributed by atoms with Crippen molar-refractivity contribution in [3.05, 3.63) is 34.7 Å². The lowest BCUT2D eigenvalue weighted by Gasteiger charge is -2.15. The van der Waals surface area contributed by atoms with E-state index >= 15 is 0 Å². The molecule has 1 unspecified atom stereocenters. The molecule has 0 bridgehead atoms. The van der Waals surface area contributed by atoms with Crippen LogP contribution in [0.25, 0.3) is 0 Å². The summed E-state index contributed by atoms with van der Waals surface area (Å²) >= 11 is 1.28. The lowest BCUT2D eigenvalue weighted by Crippen LogP contribution is -2.30. The van der Waals surface area contributed by atoms with Crippen LogP contribution in [-0.2, 0) is 9.53 Å². The molecular formula is C14H17N3O3S. The number of thiophene rings is 1. The predicted octanol–water partition coefficient (Wildman–Crippen LogP) is 2.71. The predicted molar refractivity (Wildman–Crippen MR) is 80.4 cm³/mol. The minimum absolute atomic E-state index is 0.124. The zero-order valence-electron chi connectivity index (χ0n) is 12.1. The molecule has 21 heavy (non-hydrogen) atoms. The summed E-state index contributed by atoms with van der Waals surface area (Å²) in [5, 5.41) is 8.62. The van der Waals surface area contributed by atoms with Gasteiger partial charge in [0, 0.05) is 12.1 Å². The Kier molecular flexibility index (Phi) is 4.74. The quantitative estimate of drug-likeness (QED) is 0.862. The number of esters is 1. The van der Waals surface area contributed by atoms with Crippen LogP contribution in [0.2, 0.25) is 0 Å². The molecule has 2 aromatic rings. The Hall–Kier alpha value is -2.15. The average molecular weight is 307 g/mol. The van der Waals surface area contributed by atoms with Crippen LogP contribution in [0.1, 0.15) is 36.5 Å². The Morgan fingerprint density at radius 1 is 1.33 bits per heavy atom. The van der Waals surface area contributed by atoms with E-state index in [2.05, 4.69) is 10.4 Å². The fraction of sp³-hybridized carbons (Fsp3) is 0.357. The molecule has 112 valence electrons. The van der Waals surface area contributed by atoms with Gasteiger partial charge in [0.05, 0.1) is 6.20 Å². The van der Waals surface area contributed by atoms with Crippen molar-refractivity contribution in [2.75, 3.05) is 5.32 Å². The maximum absolute atomic E-state index is 12.1. The fourth-order valence-electron chi connectivity index (χ4n) is 1.72. The minimum atomic E-state index is -0.880. The second kappa shape index (κ2) is 6.53. The van der Waals surface area contributed by atoms with Gasteiger partial charge in [-0.3, -0.25) is 4.79 Å². The molecule has 0 radical (unpaired) electrons. The van der Waals surface area contributed by atoms with Crippen LogP contribution in [0.5, 0.6) is 0 Å². The maximum atomic E-state index is 12.1. The van der Waals surface area contributed by atoms with E-state index in [9.17, 15) is 9.59 Å². The molecule has 0 spiro atoms. The summed E-state index contributed by atoms with van der Waals surface area (Å²) in [7, 11) is 0. The first-order valence-corrected chi connectivity index (χ1v) is 7.46. The number of anilines is 1. The van der Waals surface area contributed by atoms with E-state index in [1.807, 2.05) is 13.8 Å². The Morgan fingerprint density at radius 3 is 2.71 bits per heavy atom. The molecule has 0 saturated carbocycles. The summed E-state index contributed by atoms with van der Waals surface area (Å²) in [6.07, 6.45) is 0.730. The zero-order chi connectivity index (χ0) is 15.4. The second-order valence-electron chi connectivity index (χ2n) is 4.77. The van der Waals surface area contributed by atoms with E-state index in [0.29, 0.717) is 10.7 Å². The number of ether oxygens (including phenoxy) is 1. The molecule has 0 saturated heterocycles. The minimum Gasteiger partial charge on any atom is -0.448 e. The van der Waals surface area contributed by atoms with Gasteiger partial charge in [-0.2, -0.15) is 5.10 Å². The van der Waals surface area contributed by atoms with Gasteiger partial charge in [0.15, 0.2) is 6.10 Å². The molecule has 2 rings (SSSR count). The molecular weight excluding hydrogens is 290 g/mol. The molecule has 2 heterocycles. The van der Waals surface area contributed by atoms with E-state index in [-0.39, 0.29) is 11.9 Å². The number of hydrogen-bond donors (Lipinski definition) is 1. The van der Waals surface area contributed by atoms with Crippen molar-refractivity contribution in [2.24, 2.45) is 0 Å². The van der Waals surface area contributed by atoms with Crippen molar-refractivity contribution in [1.82, 2.24) is 9.78 Å². The van der Waals surface area contributed by atoms with Gasteiger partial charge < -0.3 is 10.1 Å². The molecule has 0 aliphatic rings. The molecule has 1 atom stereocenters. The molecule has 2 aromatic heterocycles. The Balaban J connectivity index is 1.96. The summed E-state index contributed by atoms with van der Waals surface area (Å²) < 4.78 is 6.82. The number of aromatic nitrogens is 2. The standard InChI is InChI=1S/C14H17N3O3S/c1-9(2)17-12(6-7-15-17)16-13(18)10(3)20-14(19)11-5-4-8-21-11/h4-10H,1-3H3,(H,16,18). The molecule has 0 aliphatic heterocycles. The summed E-state index contributed by atoms with van der Waals surface area (Å²) in [6, 6.07) is 5.24. The van der Waals surface area contributed by atoms with Crippen LogP contribution in [-0.4, -0.2) is 27.8 Å². The Morgan fingerprint density at radius 2 is 2.10 bits per heavy atom. The van der Waals surface area contributed by atoms with Crippen LogP contribution in [0.4, 0.5) is 5.82 Å². The Bertz CT molecular complexity index is 619. The normalized spacial score (nSPS) is 12.2. The molecule has 7 heteroatoms. The third kappa shape index (κ3) is 3.69. The van der Waals surface area contributed by atoms with Gasteiger partial charge in [-0.1, -0.05) is 6.07 Å². The van der Waals surface area contributed by atoms with Crippen molar-refractivity contribution in [3.8, 4) is 0 Å². The van der Waals surface area contributed by atoms with Crippen molar-refractivity contribution < 1.29 is 14.3 Å². The van der Waals surface area contributed by atoms with Crippen molar-refractivity contribution in [2.45, 2.75) is 32.9 Å². The molecule has 0 aromatic carbocycles. The van der Waals surface area contributed by atoms with Crippen molar-refractivity contribution in [3.63, 3.8) is 0 Å². The smallest absolute Gasteiger partial charge is 0.349 e. The summed E-state index contributed by atoms with van der Waals surface area (Å²) in [5.41, 5.74) is 0. The highest BCUT2D eigenvalue weighted by molar-refractivity contribution is 7.11. The lowest BCUT2D eigenvalue weighted by atomic mass is 10.3. The van der Waals surface area contributed by atoms with E-state index in [4.69, 9.17) is 4.74 Å². The number of hydrogen-bond acceptors (Lipinski definition) is 5. The molecule has 1 N–H and O–H groups in total. The molecule has 1 amide bonds. The van der Waals surface area contributed by atoms with Gasteiger partial charge in [-0.25, -0.2) is 9.48 Å². The van der Waals surface area contributed by atoms with Crippen molar-refractivity contribution >= 4 is 29.0 Å². The van der Waals surface area contributed by atoms with Gasteiger partial charge in [-0.05, 0) is 32.2 Å². The maximum Gasteiger partial charge on any atom is 0.349 e. The van der Waals surface area contributed by atoms with E-state index in [1.54, 1.807) is 34.5 Å². The third-order valence-corrected chi connectivity index (χ3v) is 3.64. The van der Waals surface area contributed by atoms with E-state index in [0.717, 1.165) is 0 Å². The zero-order valence-corrected chi connectivity index (χ0v) is 12.9. The first kappa shape index (κ1) is 15.2. The number of amides is 1. The van der Waals surface area contributed by atoms with Crippen LogP contribution in [0.15, 0.2) is 29.8 Å². The monoisotopic (exact) mass is 307 g/mol. The number of rotatable bonds is 5. The third-order valence-electron chi connectivity index (χ3n) is 2.79. The number of nitrogens with zero attached hydrogens (tertiary/aromatic N) is 2. The van der Waals surface area contributed by atoms with Gasteiger partial charge in [0.1, 0.15) is 10.7 Å². The van der Waals surface area contributed by atoms with Gasteiger partial charge in [0.2, 0.25) is 0 Å². The number of nitrogens with one attached hydrogen (secondary N) is 1. The first-order chi connectivity index (χ1) is 9.99. The fourth-order valence-corrected chi connectivity index (χ4v) is 2.32. The average Bonchev–Trinajstić information content (AvgIpc) is 3.09. The Labute approximate surface area is 126 Å². The SMILES string of the molecule is CC(OC(=O)c1cccs1)C(=O)Nc1ccnn1C(C)C. The van der Waals surface area contributed by atoms with E-state index < -0.39 is 12.1 Å². The summed E-state index contributed by atoms with van der Waals surface area (Å²) in [5.74, 6) is -0.304. The van der Waals surface area contributed by atoms with Crippen LogP contribution >= 0.6 is 11.3 Å². The van der Waals surface area contributed by atoms with Crippen LogP contribution < -0.4 is 5.32 Å². The second-order valence-corrected chi connectivity index (χ2v) is 5.72. The highest BCUT2D eigenvalue weighted by Gasteiger charge is 2.20. The molecule has 0 aliphatic carbocycles. The first-order valence-electron chi connectivity index (χ1n) is 6.58. The summed E-state index contributed by atoms with van der Waals surface area (Å²) in [6.45, 7) is 5.46. The highest BCUT2D eigenvalue weighted by Crippen LogP contribution is 2.15. The molecule has 0 fully saturated rings. The molecule has 6 nitrogen and oxygen atoms in total. The topological polar surface area (TPSA) is 73.2 Å². The van der Waals surface area contributed by atoms with Gasteiger partial charge in [0.25, 0.3) is 5.91 Å². The van der Waals surface area contributed by atoms with Gasteiger partial charge >= 0.3 is 5.97 Å².